The highest BCUT2D eigenvalue weighted by atomic mass is 15.7. The van der Waals surface area contributed by atoms with Gasteiger partial charge in [-0.2, -0.15) is 0 Å². The Bertz CT molecular complexity index is 190. The molecule has 0 spiro atoms. The molecule has 0 amide bonds. The molecule has 0 aromatic rings. The van der Waals surface area contributed by atoms with Crippen LogP contribution < -0.4 is 0 Å². The third kappa shape index (κ3) is 2.07. The van der Waals surface area contributed by atoms with Gasteiger partial charge in [0.05, 0.1) is 40.0 Å². The molecule has 14 heavy (non-hydrogen) atoms. The number of hydrogen-bond acceptors (Lipinski definition) is 4. The van der Waals surface area contributed by atoms with Crippen molar-refractivity contribution in [3.63, 3.8) is 0 Å². The zero-order chi connectivity index (χ0) is 9.97. The summed E-state index contributed by atoms with van der Waals surface area (Å²) < 4.78 is 0. The van der Waals surface area contributed by atoms with Crippen molar-refractivity contribution in [3.8, 4) is 11.8 Å². The van der Waals surface area contributed by atoms with E-state index in [1.807, 2.05) is 13.8 Å². The molecule has 4 heteroatoms. The minimum absolute atomic E-state index is 1.19. The largest absolute Gasteiger partial charge is 0.264 e. The first-order valence-electron chi connectivity index (χ1n) is 5.04. The Morgan fingerprint density at radius 1 is 0.571 bits per heavy atom. The van der Waals surface area contributed by atoms with Crippen molar-refractivity contribution in [3.05, 3.63) is 0 Å². The Balaban J connectivity index is 0.000000165. The van der Waals surface area contributed by atoms with Gasteiger partial charge in [0, 0.05) is 0 Å². The summed E-state index contributed by atoms with van der Waals surface area (Å²) in [5, 5.41) is 0. The molecule has 0 saturated carbocycles. The van der Waals surface area contributed by atoms with Crippen LogP contribution in [0, 0.1) is 11.8 Å². The van der Waals surface area contributed by atoms with E-state index in [1.165, 1.54) is 40.0 Å². The normalized spacial score (nSPS) is 42.1. The minimum Gasteiger partial charge on any atom is -0.264 e. The molecule has 0 radical (unpaired) electrons. The van der Waals surface area contributed by atoms with Crippen LogP contribution in [0.4, 0.5) is 0 Å². The summed E-state index contributed by atoms with van der Waals surface area (Å²) in [7, 11) is 0. The van der Waals surface area contributed by atoms with Crippen molar-refractivity contribution in [1.29, 1.82) is 0 Å². The Morgan fingerprint density at radius 2 is 0.786 bits per heavy atom. The van der Waals surface area contributed by atoms with Gasteiger partial charge < -0.3 is 0 Å². The topological polar surface area (TPSA) is 13.0 Å². The second-order valence-electron chi connectivity index (χ2n) is 4.03. The average molecular weight is 194 g/mol. The standard InChI is InChI=1S/C6H12N4.C4H6/c1-7-2-9-4-8(1)5-10(3-7)6-9;1-3-4-2/h1-6H2;1-2H3. The van der Waals surface area contributed by atoms with Gasteiger partial charge in [-0.15, -0.1) is 11.8 Å². The zero-order valence-electron chi connectivity index (χ0n) is 9.03. The first-order valence-corrected chi connectivity index (χ1v) is 5.04. The summed E-state index contributed by atoms with van der Waals surface area (Å²) in [5.41, 5.74) is 0. The highest BCUT2D eigenvalue weighted by Crippen LogP contribution is 2.20. The number of hydrogen-bond donors (Lipinski definition) is 0. The molecule has 0 aliphatic carbocycles. The highest BCUT2D eigenvalue weighted by molar-refractivity contribution is 4.89. The van der Waals surface area contributed by atoms with Crippen LogP contribution in [0.2, 0.25) is 0 Å². The molecule has 4 fully saturated rings. The van der Waals surface area contributed by atoms with E-state index in [2.05, 4.69) is 31.4 Å². The fraction of sp³-hybridized carbons (Fsp3) is 0.800. The molecular formula is C10H18N4. The van der Waals surface area contributed by atoms with Crippen LogP contribution in [0.15, 0.2) is 0 Å². The van der Waals surface area contributed by atoms with Gasteiger partial charge in [0.2, 0.25) is 0 Å². The summed E-state index contributed by atoms with van der Waals surface area (Å²) in [6.45, 7) is 10.8. The molecule has 4 rings (SSSR count). The van der Waals surface area contributed by atoms with Crippen LogP contribution in [-0.2, 0) is 0 Å². The Labute approximate surface area is 86.1 Å². The van der Waals surface area contributed by atoms with Gasteiger partial charge in [-0.1, -0.05) is 0 Å². The van der Waals surface area contributed by atoms with Crippen molar-refractivity contribution in [2.75, 3.05) is 40.0 Å². The predicted molar refractivity (Wildman–Crippen MR) is 55.7 cm³/mol. The molecule has 4 aliphatic heterocycles. The third-order valence-electron chi connectivity index (χ3n) is 2.65. The van der Waals surface area contributed by atoms with Crippen LogP contribution in [-0.4, -0.2) is 59.6 Å². The summed E-state index contributed by atoms with van der Waals surface area (Å²) in [4.78, 5) is 9.88. The molecular weight excluding hydrogens is 176 g/mol. The maximum absolute atomic E-state index is 2.68. The van der Waals surface area contributed by atoms with Gasteiger partial charge in [0.15, 0.2) is 0 Å². The van der Waals surface area contributed by atoms with Crippen molar-refractivity contribution < 1.29 is 0 Å². The summed E-state index contributed by atoms with van der Waals surface area (Å²) in [5.74, 6) is 5.36. The quantitative estimate of drug-likeness (QED) is 0.504. The highest BCUT2D eigenvalue weighted by Gasteiger charge is 2.36. The van der Waals surface area contributed by atoms with E-state index in [0.717, 1.165) is 0 Å². The van der Waals surface area contributed by atoms with E-state index in [-0.39, 0.29) is 0 Å². The van der Waals surface area contributed by atoms with E-state index in [0.29, 0.717) is 0 Å². The van der Waals surface area contributed by atoms with E-state index >= 15 is 0 Å². The smallest absolute Gasteiger partial charge is 0.0555 e. The van der Waals surface area contributed by atoms with Crippen molar-refractivity contribution in [1.82, 2.24) is 19.6 Å². The van der Waals surface area contributed by atoms with Gasteiger partial charge in [-0.05, 0) is 13.8 Å². The van der Waals surface area contributed by atoms with Crippen molar-refractivity contribution in [2.24, 2.45) is 0 Å². The average Bonchev–Trinajstić information content (AvgIpc) is 2.16. The maximum atomic E-state index is 2.68. The molecule has 78 valence electrons. The number of rotatable bonds is 0. The van der Waals surface area contributed by atoms with E-state index in [1.54, 1.807) is 0 Å². The molecule has 4 bridgehead atoms. The lowest BCUT2D eigenvalue weighted by Crippen LogP contribution is -2.71. The van der Waals surface area contributed by atoms with Gasteiger partial charge in [0.25, 0.3) is 0 Å². The zero-order valence-corrected chi connectivity index (χ0v) is 9.03. The van der Waals surface area contributed by atoms with E-state index < -0.39 is 0 Å². The van der Waals surface area contributed by atoms with Gasteiger partial charge in [-0.3, -0.25) is 19.6 Å². The Hall–Kier alpha value is -0.600. The lowest BCUT2D eigenvalue weighted by molar-refractivity contribution is -0.194. The molecule has 4 nitrogen and oxygen atoms in total. The van der Waals surface area contributed by atoms with Gasteiger partial charge in [0.1, 0.15) is 0 Å². The van der Waals surface area contributed by atoms with E-state index in [4.69, 9.17) is 0 Å². The molecule has 4 saturated heterocycles. The van der Waals surface area contributed by atoms with Crippen LogP contribution in [0.1, 0.15) is 13.8 Å². The molecule has 0 N–H and O–H groups in total. The van der Waals surface area contributed by atoms with Crippen molar-refractivity contribution in [2.45, 2.75) is 13.8 Å². The summed E-state index contributed by atoms with van der Waals surface area (Å²) in [6, 6.07) is 0. The molecule has 0 aromatic heterocycles. The fourth-order valence-corrected chi connectivity index (χ4v) is 2.23. The molecule has 0 atom stereocenters. The lowest BCUT2D eigenvalue weighted by Gasteiger charge is -2.56. The number of nitrogens with zero attached hydrogens (tertiary/aromatic N) is 4. The molecule has 0 aromatic carbocycles. The second kappa shape index (κ2) is 4.28. The van der Waals surface area contributed by atoms with Crippen LogP contribution in [0.5, 0.6) is 0 Å². The van der Waals surface area contributed by atoms with Gasteiger partial charge in [-0.25, -0.2) is 0 Å². The Morgan fingerprint density at radius 3 is 0.929 bits per heavy atom. The van der Waals surface area contributed by atoms with E-state index in [9.17, 15) is 0 Å². The predicted octanol–water partition coefficient (Wildman–Crippen LogP) is 0.00980. The van der Waals surface area contributed by atoms with Gasteiger partial charge >= 0.3 is 0 Å². The van der Waals surface area contributed by atoms with Crippen LogP contribution >= 0.6 is 0 Å². The SMILES string of the molecule is C1N2CN3CN1CN(C2)C3.CC#CC. The summed E-state index contributed by atoms with van der Waals surface area (Å²) >= 11 is 0. The van der Waals surface area contributed by atoms with Crippen LogP contribution in [0.3, 0.4) is 0 Å². The maximum Gasteiger partial charge on any atom is 0.0555 e. The first kappa shape index (κ1) is 9.94. The lowest BCUT2D eigenvalue weighted by atomic mass is 10.4. The molecule has 4 heterocycles. The fourth-order valence-electron chi connectivity index (χ4n) is 2.23. The summed E-state index contributed by atoms with van der Waals surface area (Å²) in [6.07, 6.45) is 0. The molecule has 0 unspecified atom stereocenters. The Kier molecular flexibility index (Phi) is 3.04. The monoisotopic (exact) mass is 194 g/mol. The molecule has 4 aliphatic rings. The van der Waals surface area contributed by atoms with Crippen LogP contribution in [0.25, 0.3) is 0 Å². The first-order chi connectivity index (χ1) is 6.81. The minimum atomic E-state index is 1.19. The third-order valence-corrected chi connectivity index (χ3v) is 2.65. The van der Waals surface area contributed by atoms with Crippen molar-refractivity contribution >= 4 is 0 Å². The second-order valence-corrected chi connectivity index (χ2v) is 4.03.